The first kappa shape index (κ1) is 19.0. The molecule has 0 spiro atoms. The number of rotatable bonds is 6. The van der Waals surface area contributed by atoms with E-state index >= 15 is 0 Å². The van der Waals surface area contributed by atoms with E-state index < -0.39 is 0 Å². The molecule has 2 amide bonds. The number of aromatic nitrogens is 3. The molecule has 29 heavy (non-hydrogen) atoms. The molecule has 0 saturated carbocycles. The summed E-state index contributed by atoms with van der Waals surface area (Å²) in [5.74, 6) is 0.910. The first-order valence-electron chi connectivity index (χ1n) is 10.1. The highest BCUT2D eigenvalue weighted by molar-refractivity contribution is 5.74. The van der Waals surface area contributed by atoms with Gasteiger partial charge in [0.1, 0.15) is 0 Å². The molecular weight excluding hydrogens is 364 g/mol. The molecule has 1 aromatic carbocycles. The number of anilines is 1. The van der Waals surface area contributed by atoms with E-state index in [1.807, 2.05) is 30.3 Å². The van der Waals surface area contributed by atoms with Gasteiger partial charge in [0.25, 0.3) is 0 Å². The van der Waals surface area contributed by atoms with Crippen molar-refractivity contribution in [3.05, 3.63) is 66.5 Å². The zero-order chi connectivity index (χ0) is 19.9. The maximum Gasteiger partial charge on any atom is 0.315 e. The monoisotopic (exact) mass is 390 g/mol. The van der Waals surface area contributed by atoms with Crippen LogP contribution in [0.1, 0.15) is 18.4 Å². The van der Waals surface area contributed by atoms with Crippen molar-refractivity contribution in [2.24, 2.45) is 0 Å². The fraction of sp³-hybridized carbons (Fsp3) is 0.318. The number of piperidine rings is 1. The Morgan fingerprint density at radius 3 is 2.83 bits per heavy atom. The number of nitrogens with one attached hydrogen (secondary N) is 3. The molecule has 3 N–H and O–H groups in total. The van der Waals surface area contributed by atoms with E-state index in [9.17, 15) is 4.79 Å². The average molecular weight is 390 g/mol. The van der Waals surface area contributed by atoms with E-state index in [1.54, 1.807) is 12.4 Å². The number of aromatic amines is 1. The number of amides is 2. The number of hydrogen-bond acceptors (Lipinski definition) is 4. The Morgan fingerprint density at radius 2 is 2.00 bits per heavy atom. The SMILES string of the molecule is O=C(NCCc1ccccc1)N[C@H]1CCCN(c2cc(-c3ccncc3)[nH]n2)C1. The van der Waals surface area contributed by atoms with E-state index in [0.29, 0.717) is 6.54 Å². The van der Waals surface area contributed by atoms with Crippen molar-refractivity contribution in [3.8, 4) is 11.3 Å². The number of H-pyrrole nitrogens is 1. The predicted octanol–water partition coefficient (Wildman–Crippen LogP) is 2.98. The second-order valence-corrected chi connectivity index (χ2v) is 7.30. The van der Waals surface area contributed by atoms with E-state index in [-0.39, 0.29) is 12.1 Å². The summed E-state index contributed by atoms with van der Waals surface area (Å²) in [4.78, 5) is 18.5. The first-order chi connectivity index (χ1) is 14.3. The van der Waals surface area contributed by atoms with Gasteiger partial charge in [-0.15, -0.1) is 0 Å². The molecule has 0 radical (unpaired) electrons. The molecule has 4 rings (SSSR count). The summed E-state index contributed by atoms with van der Waals surface area (Å²) in [6, 6.07) is 16.1. The number of pyridine rings is 1. The van der Waals surface area contributed by atoms with Crippen molar-refractivity contribution >= 4 is 11.8 Å². The zero-order valence-corrected chi connectivity index (χ0v) is 16.3. The molecule has 7 nitrogen and oxygen atoms in total. The minimum absolute atomic E-state index is 0.104. The average Bonchev–Trinajstić information content (AvgIpc) is 3.26. The van der Waals surface area contributed by atoms with E-state index in [4.69, 9.17) is 0 Å². The van der Waals surface area contributed by atoms with Crippen molar-refractivity contribution in [2.45, 2.75) is 25.3 Å². The summed E-state index contributed by atoms with van der Waals surface area (Å²) in [5.41, 5.74) is 3.25. The molecule has 2 aromatic heterocycles. The molecular formula is C22H26N6O. The summed E-state index contributed by atoms with van der Waals surface area (Å²) >= 11 is 0. The fourth-order valence-corrected chi connectivity index (χ4v) is 3.66. The van der Waals surface area contributed by atoms with Gasteiger partial charge >= 0.3 is 6.03 Å². The molecule has 1 aliphatic rings. The Balaban J connectivity index is 1.27. The van der Waals surface area contributed by atoms with Gasteiger partial charge in [0.05, 0.1) is 5.69 Å². The lowest BCUT2D eigenvalue weighted by molar-refractivity contribution is 0.235. The van der Waals surface area contributed by atoms with Crippen LogP contribution in [0.3, 0.4) is 0 Å². The molecule has 3 heterocycles. The van der Waals surface area contributed by atoms with Gasteiger partial charge in [0, 0.05) is 49.7 Å². The Morgan fingerprint density at radius 1 is 1.17 bits per heavy atom. The number of hydrogen-bond donors (Lipinski definition) is 3. The molecule has 3 aromatic rings. The topological polar surface area (TPSA) is 85.9 Å². The van der Waals surface area contributed by atoms with Gasteiger partial charge in [-0.2, -0.15) is 5.10 Å². The van der Waals surface area contributed by atoms with Crippen LogP contribution in [-0.2, 0) is 6.42 Å². The maximum atomic E-state index is 12.3. The summed E-state index contributed by atoms with van der Waals surface area (Å²) in [7, 11) is 0. The second kappa shape index (κ2) is 9.23. The Bertz CT molecular complexity index is 911. The Hall–Kier alpha value is -3.35. The number of nitrogens with zero attached hydrogens (tertiary/aromatic N) is 3. The van der Waals surface area contributed by atoms with Crippen LogP contribution in [0.2, 0.25) is 0 Å². The van der Waals surface area contributed by atoms with Crippen LogP contribution < -0.4 is 15.5 Å². The molecule has 150 valence electrons. The second-order valence-electron chi connectivity index (χ2n) is 7.30. The fourth-order valence-electron chi connectivity index (χ4n) is 3.66. The van der Waals surface area contributed by atoms with E-state index in [1.165, 1.54) is 5.56 Å². The lowest BCUT2D eigenvalue weighted by Crippen LogP contribution is -2.51. The normalized spacial score (nSPS) is 16.4. The highest BCUT2D eigenvalue weighted by Gasteiger charge is 2.23. The lowest BCUT2D eigenvalue weighted by Gasteiger charge is -2.33. The minimum atomic E-state index is -0.104. The van der Waals surface area contributed by atoms with E-state index in [0.717, 1.165) is 49.4 Å². The molecule has 1 saturated heterocycles. The zero-order valence-electron chi connectivity index (χ0n) is 16.3. The van der Waals surface area contributed by atoms with Gasteiger partial charge in [0.2, 0.25) is 0 Å². The molecule has 1 fully saturated rings. The van der Waals surface area contributed by atoms with Gasteiger partial charge in [-0.1, -0.05) is 30.3 Å². The molecule has 0 aliphatic carbocycles. The van der Waals surface area contributed by atoms with Gasteiger partial charge < -0.3 is 15.5 Å². The number of carbonyl (C=O) groups excluding carboxylic acids is 1. The third-order valence-corrected chi connectivity index (χ3v) is 5.18. The van der Waals surface area contributed by atoms with Gasteiger partial charge in [-0.25, -0.2) is 4.79 Å². The number of benzene rings is 1. The van der Waals surface area contributed by atoms with Crippen LogP contribution in [0.15, 0.2) is 60.9 Å². The lowest BCUT2D eigenvalue weighted by atomic mass is 10.1. The number of urea groups is 1. The first-order valence-corrected chi connectivity index (χ1v) is 10.1. The molecule has 0 unspecified atom stereocenters. The van der Waals surface area contributed by atoms with Crippen LogP contribution in [0.25, 0.3) is 11.3 Å². The van der Waals surface area contributed by atoms with Crippen molar-refractivity contribution < 1.29 is 4.79 Å². The standard InChI is InChI=1S/C22H26N6O/c29-22(24-13-8-17-5-2-1-3-6-17)25-19-7-4-14-28(16-19)21-15-20(26-27-21)18-9-11-23-12-10-18/h1-3,5-6,9-12,15,19H,4,7-8,13-14,16H2,(H,26,27)(H2,24,25,29)/t19-/m0/s1. The summed E-state index contributed by atoms with van der Waals surface area (Å²) < 4.78 is 0. The predicted molar refractivity (Wildman–Crippen MR) is 114 cm³/mol. The largest absolute Gasteiger partial charge is 0.353 e. The van der Waals surface area contributed by atoms with Crippen LogP contribution in [-0.4, -0.2) is 46.9 Å². The Labute approximate surface area is 170 Å². The smallest absolute Gasteiger partial charge is 0.315 e. The molecule has 1 atom stereocenters. The third kappa shape index (κ3) is 5.13. The van der Waals surface area contributed by atoms with Crippen molar-refractivity contribution in [2.75, 3.05) is 24.5 Å². The molecule has 0 bridgehead atoms. The summed E-state index contributed by atoms with van der Waals surface area (Å²) in [5, 5.41) is 13.6. The third-order valence-electron chi connectivity index (χ3n) is 5.18. The van der Waals surface area contributed by atoms with Crippen molar-refractivity contribution in [1.29, 1.82) is 0 Å². The number of carbonyl (C=O) groups is 1. The quantitative estimate of drug-likeness (QED) is 0.604. The van der Waals surface area contributed by atoms with Gasteiger partial charge in [-0.05, 0) is 37.0 Å². The van der Waals surface area contributed by atoms with Gasteiger partial charge in [-0.3, -0.25) is 10.1 Å². The molecule has 1 aliphatic heterocycles. The highest BCUT2D eigenvalue weighted by Crippen LogP contribution is 2.23. The van der Waals surface area contributed by atoms with Crippen LogP contribution in [0, 0.1) is 0 Å². The van der Waals surface area contributed by atoms with Crippen LogP contribution in [0.5, 0.6) is 0 Å². The Kier molecular flexibility index (Phi) is 6.04. The van der Waals surface area contributed by atoms with Gasteiger partial charge in [0.15, 0.2) is 5.82 Å². The van der Waals surface area contributed by atoms with Crippen molar-refractivity contribution in [1.82, 2.24) is 25.8 Å². The van der Waals surface area contributed by atoms with Crippen LogP contribution in [0.4, 0.5) is 10.6 Å². The summed E-state index contributed by atoms with van der Waals surface area (Å²) in [6.45, 7) is 2.32. The van der Waals surface area contributed by atoms with Crippen molar-refractivity contribution in [3.63, 3.8) is 0 Å². The highest BCUT2D eigenvalue weighted by atomic mass is 16.2. The van der Waals surface area contributed by atoms with E-state index in [2.05, 4.69) is 48.9 Å². The summed E-state index contributed by atoms with van der Waals surface area (Å²) in [6.07, 6.45) is 6.37. The van der Waals surface area contributed by atoms with Crippen LogP contribution >= 0.6 is 0 Å². The minimum Gasteiger partial charge on any atom is -0.353 e. The molecule has 7 heteroatoms. The maximum absolute atomic E-state index is 12.3.